The van der Waals surface area contributed by atoms with Crippen LogP contribution < -0.4 is 0 Å². The average molecular weight is 317 g/mol. The molecule has 1 nitrogen and oxygen atoms in total. The third kappa shape index (κ3) is 95.0. The number of allylic oxidation sites excluding steroid dienone is 3. The minimum absolute atomic E-state index is 0.243. The largest absolute Gasteiger partial charge is 0.295 e. The van der Waals surface area contributed by atoms with Crippen LogP contribution in [0.1, 0.15) is 109 Å². The molecule has 0 fully saturated rings. The number of ketones is 1. The van der Waals surface area contributed by atoms with Gasteiger partial charge in [-0.15, -0.1) is 6.58 Å². The number of carbonyl (C=O) groups is 1. The van der Waals surface area contributed by atoms with Gasteiger partial charge in [-0.25, -0.2) is 0 Å². The Kier molecular flexibility index (Phi) is 101. The van der Waals surface area contributed by atoms with E-state index in [0.717, 1.165) is 5.57 Å². The van der Waals surface area contributed by atoms with Crippen molar-refractivity contribution in [1.29, 1.82) is 0 Å². The fourth-order valence-electron chi connectivity index (χ4n) is 0.440. The second kappa shape index (κ2) is 59.4. The van der Waals surface area contributed by atoms with Crippen LogP contribution in [0, 0.1) is 0 Å². The zero-order chi connectivity index (χ0) is 19.4. The summed E-state index contributed by atoms with van der Waals surface area (Å²) >= 11 is 0. The Morgan fingerprint density at radius 2 is 1.09 bits per heavy atom. The van der Waals surface area contributed by atoms with Crippen LogP contribution in [0.25, 0.3) is 0 Å². The van der Waals surface area contributed by atoms with Crippen LogP contribution in [-0.4, -0.2) is 5.78 Å². The van der Waals surface area contributed by atoms with Crippen molar-refractivity contribution in [2.75, 3.05) is 0 Å². The Bertz CT molecular complexity index is 176. The third-order valence-corrected chi connectivity index (χ3v) is 1.69. The predicted molar refractivity (Wildman–Crippen MR) is 110 cm³/mol. The molecule has 0 N–H and O–H groups in total. The van der Waals surface area contributed by atoms with E-state index >= 15 is 0 Å². The van der Waals surface area contributed by atoms with E-state index in [1.165, 1.54) is 19.3 Å². The monoisotopic (exact) mass is 316 g/mol. The molecular weight excluding hydrogens is 268 g/mol. The molecule has 0 aromatic carbocycles. The number of Topliss-reactive ketones (excluding diaryl/α,β-unsaturated/α-hetero) is 1. The van der Waals surface area contributed by atoms with Crippen molar-refractivity contribution in [3.63, 3.8) is 0 Å². The van der Waals surface area contributed by atoms with Crippen molar-refractivity contribution in [2.24, 2.45) is 0 Å². The van der Waals surface area contributed by atoms with Crippen LogP contribution in [0.5, 0.6) is 0 Å². The van der Waals surface area contributed by atoms with E-state index in [2.05, 4.69) is 34.3 Å². The van der Waals surface area contributed by atoms with E-state index in [4.69, 9.17) is 0 Å². The number of carbonyl (C=O) groups excluding carboxylic acids is 1. The van der Waals surface area contributed by atoms with E-state index < -0.39 is 0 Å². The number of hydrogen-bond acceptors (Lipinski definition) is 1. The molecule has 0 spiro atoms. The minimum atomic E-state index is 0.243. The molecule has 0 radical (unpaired) electrons. The highest BCUT2D eigenvalue weighted by atomic mass is 16.1. The van der Waals surface area contributed by atoms with E-state index in [-0.39, 0.29) is 5.78 Å². The predicted octanol–water partition coefficient (Wildman–Crippen LogP) is 8.40. The van der Waals surface area contributed by atoms with Gasteiger partial charge in [-0.3, -0.25) is 4.79 Å². The number of rotatable bonds is 3. The van der Waals surface area contributed by atoms with Gasteiger partial charge in [0.15, 0.2) is 5.78 Å². The van der Waals surface area contributed by atoms with Crippen LogP contribution in [0.2, 0.25) is 0 Å². The lowest BCUT2D eigenvalue weighted by atomic mass is 10.1. The van der Waals surface area contributed by atoms with Gasteiger partial charge in [0.25, 0.3) is 0 Å². The summed E-state index contributed by atoms with van der Waals surface area (Å²) in [7, 11) is 0. The van der Waals surface area contributed by atoms with Gasteiger partial charge < -0.3 is 0 Å². The van der Waals surface area contributed by atoms with Crippen LogP contribution in [0.3, 0.4) is 0 Å². The first-order chi connectivity index (χ1) is 10.5. The van der Waals surface area contributed by atoms with E-state index in [1.807, 2.05) is 61.5 Å². The van der Waals surface area contributed by atoms with Crippen LogP contribution in [0.15, 0.2) is 24.3 Å². The normalized spacial score (nSPS) is 7.55. The molecule has 0 bridgehead atoms. The van der Waals surface area contributed by atoms with Gasteiger partial charge >= 0.3 is 0 Å². The molecule has 0 amide bonds. The highest BCUT2D eigenvalue weighted by molar-refractivity contribution is 5.94. The first kappa shape index (κ1) is 37.4. The number of hydrogen-bond donors (Lipinski definition) is 0. The summed E-state index contributed by atoms with van der Waals surface area (Å²) < 4.78 is 0. The fraction of sp³-hybridized carbons (Fsp3) is 0.762. The highest BCUT2D eigenvalue weighted by Gasteiger charge is 1.96. The summed E-state index contributed by atoms with van der Waals surface area (Å²) in [5, 5.41) is 0. The lowest BCUT2D eigenvalue weighted by molar-refractivity contribution is -0.115. The van der Waals surface area contributed by atoms with Gasteiger partial charge in [-0.2, -0.15) is 0 Å². The molecular formula is C21H48O. The molecule has 0 aliphatic heterocycles. The Morgan fingerprint density at radius 1 is 0.864 bits per heavy atom. The van der Waals surface area contributed by atoms with Gasteiger partial charge in [0, 0.05) is 6.42 Å². The van der Waals surface area contributed by atoms with E-state index in [1.54, 1.807) is 6.08 Å². The first-order valence-corrected chi connectivity index (χ1v) is 9.19. The zero-order valence-corrected chi connectivity index (χ0v) is 18.1. The topological polar surface area (TPSA) is 17.1 Å². The lowest BCUT2D eigenvalue weighted by Crippen LogP contribution is -1.94. The van der Waals surface area contributed by atoms with Gasteiger partial charge in [-0.1, -0.05) is 93.7 Å². The Morgan fingerprint density at radius 3 is 1.14 bits per heavy atom. The van der Waals surface area contributed by atoms with Gasteiger partial charge in [-0.05, 0) is 26.3 Å². The van der Waals surface area contributed by atoms with E-state index in [9.17, 15) is 4.79 Å². The number of unbranched alkanes of at least 4 members (excludes halogenated alkanes) is 1. The maximum Gasteiger partial charge on any atom is 0.157 e. The molecule has 1 heteroatoms. The molecule has 0 aliphatic rings. The van der Waals surface area contributed by atoms with E-state index in [0.29, 0.717) is 6.42 Å². The first-order valence-electron chi connectivity index (χ1n) is 9.19. The molecule has 138 valence electrons. The van der Waals surface area contributed by atoms with Crippen molar-refractivity contribution in [3.05, 3.63) is 24.3 Å². The van der Waals surface area contributed by atoms with Crippen LogP contribution in [0.4, 0.5) is 0 Å². The summed E-state index contributed by atoms with van der Waals surface area (Å²) in [5.74, 6) is 0.243. The molecule has 0 saturated carbocycles. The Balaban J connectivity index is -0.0000000391. The second-order valence-corrected chi connectivity index (χ2v) is 3.86. The van der Waals surface area contributed by atoms with Crippen molar-refractivity contribution in [3.8, 4) is 0 Å². The lowest BCUT2D eigenvalue weighted by Gasteiger charge is -1.91. The molecule has 0 unspecified atom stereocenters. The summed E-state index contributed by atoms with van der Waals surface area (Å²) in [6.45, 7) is 27.4. The molecule has 0 aromatic heterocycles. The average Bonchev–Trinajstić information content (AvgIpc) is 2.58. The van der Waals surface area contributed by atoms with Gasteiger partial charge in [0.1, 0.15) is 0 Å². The SMILES string of the molecule is C/C=C(\C)C(=O)CC.C=CC.CC.CC.CCC.CCCC. The molecule has 0 heterocycles. The highest BCUT2D eigenvalue weighted by Crippen LogP contribution is 1.95. The Labute approximate surface area is 144 Å². The standard InChI is InChI=1S/C7H12O.C4H10.C3H8.C3H6.2C2H6/c1-4-6(3)7(8)5-2;1-3-4-2;2*1-3-2;2*1-2/h4H,5H2,1-3H3;3-4H2,1-2H3;3H2,1-2H3;3H,1H2,2H3;2*1-2H3/b6-4+;;;;;. The molecule has 0 aromatic rings. The van der Waals surface area contributed by atoms with Gasteiger partial charge in [0.2, 0.25) is 0 Å². The molecule has 0 aliphatic carbocycles. The van der Waals surface area contributed by atoms with Crippen molar-refractivity contribution >= 4 is 5.78 Å². The maximum atomic E-state index is 10.7. The third-order valence-electron chi connectivity index (χ3n) is 1.69. The second-order valence-electron chi connectivity index (χ2n) is 3.86. The fourth-order valence-corrected chi connectivity index (χ4v) is 0.440. The maximum absolute atomic E-state index is 10.7. The van der Waals surface area contributed by atoms with Crippen molar-refractivity contribution in [2.45, 2.75) is 109 Å². The minimum Gasteiger partial charge on any atom is -0.295 e. The van der Waals surface area contributed by atoms with Crippen LogP contribution >= 0.6 is 0 Å². The molecule has 0 saturated heterocycles. The molecule has 22 heavy (non-hydrogen) atoms. The summed E-state index contributed by atoms with van der Waals surface area (Å²) in [5.41, 5.74) is 0.868. The van der Waals surface area contributed by atoms with Crippen LogP contribution in [-0.2, 0) is 4.79 Å². The zero-order valence-electron chi connectivity index (χ0n) is 18.1. The summed E-state index contributed by atoms with van der Waals surface area (Å²) in [6.07, 6.45) is 8.10. The van der Waals surface area contributed by atoms with Crippen molar-refractivity contribution < 1.29 is 4.79 Å². The quantitative estimate of drug-likeness (QED) is 0.377. The molecule has 0 rings (SSSR count). The summed E-state index contributed by atoms with van der Waals surface area (Å²) in [4.78, 5) is 10.7. The molecule has 0 atom stereocenters. The van der Waals surface area contributed by atoms with Crippen molar-refractivity contribution in [1.82, 2.24) is 0 Å². The smallest absolute Gasteiger partial charge is 0.157 e. The summed E-state index contributed by atoms with van der Waals surface area (Å²) in [6, 6.07) is 0. The Hall–Kier alpha value is -0.850. The van der Waals surface area contributed by atoms with Gasteiger partial charge in [0.05, 0.1) is 0 Å².